The largest absolute Gasteiger partial charge is 0.462 e. The molecule has 0 atom stereocenters. The van der Waals surface area contributed by atoms with Crippen molar-refractivity contribution in [2.75, 3.05) is 6.61 Å². The fourth-order valence-corrected chi connectivity index (χ4v) is 0.724. The minimum Gasteiger partial charge on any atom is -0.462 e. The van der Waals surface area contributed by atoms with Gasteiger partial charge in [0.1, 0.15) is 0 Å². The summed E-state index contributed by atoms with van der Waals surface area (Å²) in [6.45, 7) is 11.0. The van der Waals surface area contributed by atoms with Crippen molar-refractivity contribution in [1.29, 1.82) is 0 Å². The van der Waals surface area contributed by atoms with Gasteiger partial charge >= 0.3 is 5.97 Å². The number of hydrogen-bond donors (Lipinski definition) is 0. The van der Waals surface area contributed by atoms with Crippen molar-refractivity contribution in [3.05, 3.63) is 36.5 Å². The Balaban J connectivity index is 4.66. The van der Waals surface area contributed by atoms with Crippen LogP contribution in [0.1, 0.15) is 13.8 Å². The van der Waals surface area contributed by atoms with Crippen LogP contribution in [-0.4, -0.2) is 12.6 Å². The van der Waals surface area contributed by atoms with Crippen molar-refractivity contribution in [1.82, 2.24) is 0 Å². The summed E-state index contributed by atoms with van der Waals surface area (Å²) in [6.07, 6.45) is 3.09. The van der Waals surface area contributed by atoms with Gasteiger partial charge in [0.05, 0.1) is 12.2 Å². The van der Waals surface area contributed by atoms with Crippen molar-refractivity contribution in [3.8, 4) is 0 Å². The summed E-state index contributed by atoms with van der Waals surface area (Å²) in [7, 11) is 0. The van der Waals surface area contributed by atoms with E-state index in [0.717, 1.165) is 5.57 Å². The molecule has 0 aromatic rings. The number of carbonyl (C=O) groups excluding carboxylic acids is 1. The first-order valence-corrected chi connectivity index (χ1v) is 3.80. The van der Waals surface area contributed by atoms with E-state index < -0.39 is 0 Å². The Hall–Kier alpha value is -1.31. The van der Waals surface area contributed by atoms with Gasteiger partial charge in [-0.1, -0.05) is 25.3 Å². The molecule has 0 saturated carbocycles. The Bertz CT molecular complexity index is 224. The smallest absolute Gasteiger partial charge is 0.338 e. The topological polar surface area (TPSA) is 26.3 Å². The first kappa shape index (κ1) is 10.7. The molecule has 0 aliphatic heterocycles. The third-order valence-electron chi connectivity index (χ3n) is 1.43. The van der Waals surface area contributed by atoms with Gasteiger partial charge in [0.25, 0.3) is 0 Å². The lowest BCUT2D eigenvalue weighted by atomic mass is 10.1. The van der Waals surface area contributed by atoms with E-state index in [-0.39, 0.29) is 5.97 Å². The van der Waals surface area contributed by atoms with Gasteiger partial charge in [0, 0.05) is 0 Å². The second-order valence-electron chi connectivity index (χ2n) is 2.23. The number of allylic oxidation sites excluding steroid dienone is 2. The maximum atomic E-state index is 11.2. The third kappa shape index (κ3) is 2.74. The predicted octanol–water partition coefficient (Wildman–Crippen LogP) is 2.24. The lowest BCUT2D eigenvalue weighted by Gasteiger charge is -2.03. The number of rotatable bonds is 4. The van der Waals surface area contributed by atoms with Crippen LogP contribution in [0.4, 0.5) is 0 Å². The Kier molecular flexibility index (Phi) is 4.77. The Morgan fingerprint density at radius 1 is 1.42 bits per heavy atom. The monoisotopic (exact) mass is 166 g/mol. The molecule has 12 heavy (non-hydrogen) atoms. The van der Waals surface area contributed by atoms with E-state index in [1.165, 1.54) is 6.08 Å². The SMILES string of the molecule is C=C/C(C)=C(\C=C)C(=O)OCC. The number of esters is 1. The average molecular weight is 166 g/mol. The molecular formula is C10H14O2. The van der Waals surface area contributed by atoms with E-state index >= 15 is 0 Å². The van der Waals surface area contributed by atoms with Gasteiger partial charge in [0.15, 0.2) is 0 Å². The van der Waals surface area contributed by atoms with Crippen LogP contribution < -0.4 is 0 Å². The van der Waals surface area contributed by atoms with Crippen molar-refractivity contribution in [2.45, 2.75) is 13.8 Å². The molecule has 0 N–H and O–H groups in total. The van der Waals surface area contributed by atoms with Crippen LogP contribution >= 0.6 is 0 Å². The van der Waals surface area contributed by atoms with Gasteiger partial charge in [-0.25, -0.2) is 4.79 Å². The molecule has 0 aliphatic rings. The molecule has 0 rings (SSSR count). The summed E-state index contributed by atoms with van der Waals surface area (Å²) in [4.78, 5) is 11.2. The van der Waals surface area contributed by atoms with Gasteiger partial charge in [-0.3, -0.25) is 0 Å². The number of ether oxygens (including phenoxy) is 1. The van der Waals surface area contributed by atoms with Gasteiger partial charge in [-0.15, -0.1) is 0 Å². The molecule has 2 nitrogen and oxygen atoms in total. The van der Waals surface area contributed by atoms with Crippen LogP contribution in [0.2, 0.25) is 0 Å². The molecule has 0 heterocycles. The quantitative estimate of drug-likeness (QED) is 0.363. The van der Waals surface area contributed by atoms with Crippen LogP contribution in [0.5, 0.6) is 0 Å². The Morgan fingerprint density at radius 3 is 2.33 bits per heavy atom. The maximum Gasteiger partial charge on any atom is 0.338 e. The van der Waals surface area contributed by atoms with Gasteiger partial charge < -0.3 is 4.74 Å². The lowest BCUT2D eigenvalue weighted by molar-refractivity contribution is -0.138. The van der Waals surface area contributed by atoms with Crippen LogP contribution in [0.3, 0.4) is 0 Å². The minimum absolute atomic E-state index is 0.343. The molecule has 2 heteroatoms. The standard InChI is InChI=1S/C10H14O2/c1-5-8(4)9(6-2)10(11)12-7-3/h5-6H,1-2,7H2,3-4H3/b9-8+. The van der Waals surface area contributed by atoms with Crippen LogP contribution in [0.25, 0.3) is 0 Å². The highest BCUT2D eigenvalue weighted by molar-refractivity contribution is 5.92. The highest BCUT2D eigenvalue weighted by Gasteiger charge is 2.07. The van der Waals surface area contributed by atoms with E-state index in [4.69, 9.17) is 4.74 Å². The summed E-state index contributed by atoms with van der Waals surface area (Å²) < 4.78 is 4.80. The summed E-state index contributed by atoms with van der Waals surface area (Å²) >= 11 is 0. The van der Waals surface area contributed by atoms with Crippen molar-refractivity contribution >= 4 is 5.97 Å². The second kappa shape index (κ2) is 5.35. The Morgan fingerprint density at radius 2 is 2.00 bits per heavy atom. The zero-order chi connectivity index (χ0) is 9.56. The highest BCUT2D eigenvalue weighted by Crippen LogP contribution is 2.07. The predicted molar refractivity (Wildman–Crippen MR) is 49.7 cm³/mol. The molecule has 0 spiro atoms. The summed E-state index contributed by atoms with van der Waals surface area (Å²) in [5, 5.41) is 0. The minimum atomic E-state index is -0.343. The van der Waals surface area contributed by atoms with Crippen LogP contribution in [-0.2, 0) is 9.53 Å². The molecule has 0 aromatic heterocycles. The molecular weight excluding hydrogens is 152 g/mol. The van der Waals surface area contributed by atoms with Crippen LogP contribution in [0, 0.1) is 0 Å². The Labute approximate surface area is 73.2 Å². The van der Waals surface area contributed by atoms with E-state index in [1.807, 2.05) is 0 Å². The molecule has 0 fully saturated rings. The summed E-state index contributed by atoms with van der Waals surface area (Å²) in [6, 6.07) is 0. The summed E-state index contributed by atoms with van der Waals surface area (Å²) in [5.41, 5.74) is 1.26. The number of hydrogen-bond acceptors (Lipinski definition) is 2. The normalized spacial score (nSPS) is 11.5. The maximum absolute atomic E-state index is 11.2. The van der Waals surface area contributed by atoms with E-state index in [0.29, 0.717) is 12.2 Å². The van der Waals surface area contributed by atoms with Gasteiger partial charge in [-0.05, 0) is 19.4 Å². The molecule has 0 aromatic carbocycles. The molecule has 0 aliphatic carbocycles. The van der Waals surface area contributed by atoms with Gasteiger partial charge in [-0.2, -0.15) is 0 Å². The average Bonchev–Trinajstić information content (AvgIpc) is 2.06. The zero-order valence-corrected chi connectivity index (χ0v) is 7.59. The fourth-order valence-electron chi connectivity index (χ4n) is 0.724. The molecule has 0 unspecified atom stereocenters. The van der Waals surface area contributed by atoms with E-state index in [2.05, 4.69) is 13.2 Å². The molecule has 0 saturated heterocycles. The molecule has 66 valence electrons. The zero-order valence-electron chi connectivity index (χ0n) is 7.59. The van der Waals surface area contributed by atoms with Crippen LogP contribution in [0.15, 0.2) is 36.5 Å². The fraction of sp³-hybridized carbons (Fsp3) is 0.300. The van der Waals surface area contributed by atoms with Crippen molar-refractivity contribution < 1.29 is 9.53 Å². The van der Waals surface area contributed by atoms with Crippen molar-refractivity contribution in [3.63, 3.8) is 0 Å². The number of carbonyl (C=O) groups is 1. The van der Waals surface area contributed by atoms with Gasteiger partial charge in [0.2, 0.25) is 0 Å². The molecule has 0 bridgehead atoms. The second-order valence-corrected chi connectivity index (χ2v) is 2.23. The van der Waals surface area contributed by atoms with E-state index in [1.54, 1.807) is 19.9 Å². The first-order valence-electron chi connectivity index (χ1n) is 3.80. The third-order valence-corrected chi connectivity index (χ3v) is 1.43. The van der Waals surface area contributed by atoms with E-state index in [9.17, 15) is 4.79 Å². The van der Waals surface area contributed by atoms with Crippen molar-refractivity contribution in [2.24, 2.45) is 0 Å². The summed E-state index contributed by atoms with van der Waals surface area (Å²) in [5.74, 6) is -0.343. The highest BCUT2D eigenvalue weighted by atomic mass is 16.5. The first-order chi connectivity index (χ1) is 5.67. The lowest BCUT2D eigenvalue weighted by Crippen LogP contribution is -2.07. The molecule has 0 amide bonds. The molecule has 0 radical (unpaired) electrons.